The Labute approximate surface area is 208 Å². The summed E-state index contributed by atoms with van der Waals surface area (Å²) in [5, 5.41) is 0. The predicted octanol–water partition coefficient (Wildman–Crippen LogP) is 6.55. The number of nitrogens with zero attached hydrogens (tertiary/aromatic N) is 3. The van der Waals surface area contributed by atoms with Crippen LogP contribution in [0.15, 0.2) is 0 Å². The second-order valence-electron chi connectivity index (χ2n) is 11.4. The minimum Gasteiger partial charge on any atom is -0.379 e. The van der Waals surface area contributed by atoms with E-state index < -0.39 is 0 Å². The fourth-order valence-electron chi connectivity index (χ4n) is 5.02. The van der Waals surface area contributed by atoms with E-state index in [1.165, 1.54) is 116 Å². The van der Waals surface area contributed by atoms with Gasteiger partial charge in [-0.25, -0.2) is 0 Å². The van der Waals surface area contributed by atoms with Gasteiger partial charge in [-0.15, -0.1) is 0 Å². The van der Waals surface area contributed by atoms with Gasteiger partial charge in [-0.2, -0.15) is 0 Å². The first kappa shape index (κ1) is 30.9. The van der Waals surface area contributed by atoms with Gasteiger partial charge in [-0.3, -0.25) is 0 Å². The Morgan fingerprint density at radius 3 is 0.909 bits per heavy atom. The first-order valence-corrected chi connectivity index (χ1v) is 14.6. The van der Waals surface area contributed by atoms with E-state index in [0.717, 1.165) is 38.1 Å². The van der Waals surface area contributed by atoms with E-state index in [-0.39, 0.29) is 0 Å². The van der Waals surface area contributed by atoms with Gasteiger partial charge < -0.3 is 19.4 Å². The average Bonchev–Trinajstić information content (AvgIpc) is 3.51. The molecule has 4 nitrogen and oxygen atoms in total. The van der Waals surface area contributed by atoms with Crippen LogP contribution in [-0.4, -0.2) is 88.3 Å². The van der Waals surface area contributed by atoms with Crippen LogP contribution in [0.1, 0.15) is 104 Å². The molecule has 0 spiro atoms. The quantitative estimate of drug-likeness (QED) is 0.402. The molecule has 2 saturated carbocycles. The van der Waals surface area contributed by atoms with Crippen molar-refractivity contribution in [3.63, 3.8) is 0 Å². The third kappa shape index (κ3) is 19.8. The molecule has 0 aromatic heterocycles. The zero-order valence-electron chi connectivity index (χ0n) is 23.5. The molecule has 0 bridgehead atoms. The molecule has 0 amide bonds. The Morgan fingerprint density at radius 2 is 0.727 bits per heavy atom. The molecule has 3 aliphatic heterocycles. The zero-order valence-corrected chi connectivity index (χ0v) is 23.5. The number of rotatable bonds is 0. The molecule has 0 aromatic rings. The van der Waals surface area contributed by atoms with Crippen molar-refractivity contribution in [1.82, 2.24) is 14.7 Å². The average molecular weight is 468 g/mol. The number of piperidine rings is 1. The van der Waals surface area contributed by atoms with Gasteiger partial charge in [0.1, 0.15) is 0 Å². The number of hydrogen-bond donors (Lipinski definition) is 0. The minimum atomic E-state index is 0.913. The van der Waals surface area contributed by atoms with E-state index in [2.05, 4.69) is 49.7 Å². The van der Waals surface area contributed by atoms with Gasteiger partial charge in [0.15, 0.2) is 0 Å². The van der Waals surface area contributed by atoms with E-state index in [0.29, 0.717) is 0 Å². The van der Waals surface area contributed by atoms with Crippen LogP contribution in [0.25, 0.3) is 0 Å². The van der Waals surface area contributed by atoms with Gasteiger partial charge in [-0.05, 0) is 84.8 Å². The second kappa shape index (κ2) is 21.1. The van der Waals surface area contributed by atoms with Gasteiger partial charge in [0.2, 0.25) is 0 Å². The van der Waals surface area contributed by atoms with Gasteiger partial charge >= 0.3 is 0 Å². The predicted molar refractivity (Wildman–Crippen MR) is 146 cm³/mol. The third-order valence-electron chi connectivity index (χ3n) is 7.68. The summed E-state index contributed by atoms with van der Waals surface area (Å²) in [7, 11) is 6.48. The smallest absolute Gasteiger partial charge is 0.0594 e. The van der Waals surface area contributed by atoms with E-state index in [9.17, 15) is 0 Å². The van der Waals surface area contributed by atoms with Gasteiger partial charge in [0.05, 0.1) is 13.2 Å². The Morgan fingerprint density at radius 1 is 0.424 bits per heavy atom. The molecular weight excluding hydrogens is 406 g/mol. The molecule has 0 N–H and O–H groups in total. The van der Waals surface area contributed by atoms with Crippen LogP contribution in [0.3, 0.4) is 0 Å². The van der Waals surface area contributed by atoms with Crippen LogP contribution in [0, 0.1) is 11.8 Å². The van der Waals surface area contributed by atoms with Crippen LogP contribution < -0.4 is 0 Å². The largest absolute Gasteiger partial charge is 0.379 e. The molecule has 5 aliphatic rings. The maximum atomic E-state index is 5.10. The SMILES string of the molecule is CC1CCCC1.CC1CCCCC1.CN1CCCC1.CN1CCCCC1.CN1CCOCC1. The Balaban J connectivity index is 0.000000207. The fraction of sp³-hybridized carbons (Fsp3) is 1.00. The number of hydrogen-bond acceptors (Lipinski definition) is 4. The van der Waals surface area contributed by atoms with E-state index >= 15 is 0 Å². The maximum Gasteiger partial charge on any atom is 0.0594 e. The highest BCUT2D eigenvalue weighted by molar-refractivity contribution is 4.61. The van der Waals surface area contributed by atoms with E-state index in [1.807, 2.05) is 0 Å². The molecule has 2 aliphatic carbocycles. The van der Waals surface area contributed by atoms with Crippen molar-refractivity contribution in [3.8, 4) is 0 Å². The maximum absolute atomic E-state index is 5.10. The summed E-state index contributed by atoms with van der Waals surface area (Å²) in [5.74, 6) is 2.08. The monoisotopic (exact) mass is 467 g/mol. The topological polar surface area (TPSA) is 19.0 Å². The highest BCUT2D eigenvalue weighted by Crippen LogP contribution is 2.23. The van der Waals surface area contributed by atoms with Crippen LogP contribution in [0.2, 0.25) is 0 Å². The molecule has 4 heteroatoms. The summed E-state index contributed by atoms with van der Waals surface area (Å²) in [6.07, 6.45) is 20.5. The summed E-state index contributed by atoms with van der Waals surface area (Å²) < 4.78 is 5.10. The zero-order chi connectivity index (χ0) is 24.2. The summed E-state index contributed by atoms with van der Waals surface area (Å²) >= 11 is 0. The molecule has 0 aromatic carbocycles. The van der Waals surface area contributed by atoms with Gasteiger partial charge in [0.25, 0.3) is 0 Å². The van der Waals surface area contributed by atoms with Crippen molar-refractivity contribution < 1.29 is 4.74 Å². The molecule has 0 radical (unpaired) electrons. The lowest BCUT2D eigenvalue weighted by Crippen LogP contribution is -2.32. The van der Waals surface area contributed by atoms with Crippen molar-refractivity contribution in [2.75, 3.05) is 73.6 Å². The number of likely N-dealkylation sites (N-methyl/N-ethyl adjacent to an activating group) is 1. The van der Waals surface area contributed by atoms with E-state index in [4.69, 9.17) is 4.74 Å². The second-order valence-corrected chi connectivity index (χ2v) is 11.4. The van der Waals surface area contributed by atoms with E-state index in [1.54, 1.807) is 0 Å². The summed E-state index contributed by atoms with van der Waals surface area (Å²) in [5.41, 5.74) is 0. The van der Waals surface area contributed by atoms with Crippen molar-refractivity contribution in [1.29, 1.82) is 0 Å². The summed E-state index contributed by atoms with van der Waals surface area (Å²) in [6.45, 7) is 14.0. The minimum absolute atomic E-state index is 0.913. The Kier molecular flexibility index (Phi) is 19.8. The molecule has 5 rings (SSSR count). The molecule has 33 heavy (non-hydrogen) atoms. The normalized spacial score (nSPS) is 25.4. The van der Waals surface area contributed by atoms with Crippen LogP contribution >= 0.6 is 0 Å². The highest BCUT2D eigenvalue weighted by atomic mass is 16.5. The first-order valence-electron chi connectivity index (χ1n) is 14.6. The number of ether oxygens (including phenoxy) is 1. The molecule has 3 saturated heterocycles. The van der Waals surface area contributed by atoms with Gasteiger partial charge in [-0.1, -0.05) is 78.1 Å². The standard InChI is InChI=1S/C7H14.C6H13N.C6H12.C5H11NO.C5H11N/c2*1-7-5-3-2-4-6-7;1-6-4-2-3-5-6;1-6-2-4-7-5-3-6;1-6-4-2-3-5-6/h7H,2-6H2,1H3;2-6H2,1H3;6H,2-5H2,1H3;2-5H2,1H3;2-5H2,1H3. The molecule has 5 fully saturated rings. The van der Waals surface area contributed by atoms with Crippen molar-refractivity contribution >= 4 is 0 Å². The fourth-order valence-corrected chi connectivity index (χ4v) is 5.02. The lowest BCUT2D eigenvalue weighted by atomic mass is 9.91. The van der Waals surface area contributed by atoms with Crippen molar-refractivity contribution in [3.05, 3.63) is 0 Å². The molecule has 198 valence electrons. The van der Waals surface area contributed by atoms with Crippen LogP contribution in [-0.2, 0) is 4.74 Å². The van der Waals surface area contributed by atoms with Crippen molar-refractivity contribution in [2.45, 2.75) is 104 Å². The third-order valence-corrected chi connectivity index (χ3v) is 7.68. The highest BCUT2D eigenvalue weighted by Gasteiger charge is 2.07. The van der Waals surface area contributed by atoms with Crippen molar-refractivity contribution in [2.24, 2.45) is 11.8 Å². The Bertz CT molecular complexity index is 338. The van der Waals surface area contributed by atoms with Crippen LogP contribution in [0.4, 0.5) is 0 Å². The van der Waals surface area contributed by atoms with Crippen LogP contribution in [0.5, 0.6) is 0 Å². The van der Waals surface area contributed by atoms with Gasteiger partial charge in [0, 0.05) is 13.1 Å². The number of morpholine rings is 1. The molecular formula is C29H61N3O. The molecule has 0 unspecified atom stereocenters. The lowest BCUT2D eigenvalue weighted by molar-refractivity contribution is 0.0503. The molecule has 3 heterocycles. The summed E-state index contributed by atoms with van der Waals surface area (Å²) in [6, 6.07) is 0. The summed E-state index contributed by atoms with van der Waals surface area (Å²) in [4.78, 5) is 7.02. The lowest BCUT2D eigenvalue weighted by Gasteiger charge is -2.21. The number of likely N-dealkylation sites (tertiary alicyclic amines) is 2. The molecule has 0 atom stereocenters. The Hall–Kier alpha value is -0.160. The first-order chi connectivity index (χ1) is 16.0.